The summed E-state index contributed by atoms with van der Waals surface area (Å²) in [6.07, 6.45) is 4.19. The number of nitrogens with zero attached hydrogens (tertiary/aromatic N) is 1. The molecule has 31 heavy (non-hydrogen) atoms. The monoisotopic (exact) mass is 424 g/mol. The van der Waals surface area contributed by atoms with Crippen LogP contribution in [0.15, 0.2) is 42.5 Å². The molecule has 0 radical (unpaired) electrons. The molecule has 1 fully saturated rings. The van der Waals surface area contributed by atoms with Crippen molar-refractivity contribution in [2.24, 2.45) is 0 Å². The molecule has 0 saturated heterocycles. The third kappa shape index (κ3) is 5.41. The van der Waals surface area contributed by atoms with E-state index >= 15 is 0 Å². The molecule has 2 aromatic carbocycles. The van der Waals surface area contributed by atoms with Crippen LogP contribution in [0.4, 0.5) is 9.18 Å². The highest BCUT2D eigenvalue weighted by molar-refractivity contribution is 5.76. The molecule has 0 bridgehead atoms. The lowest BCUT2D eigenvalue weighted by Gasteiger charge is -2.27. The fraction of sp³-hybridized carbons (Fsp3) is 0.417. The number of urea groups is 1. The minimum Gasteiger partial charge on any atom is -0.393 e. The molecule has 0 aliphatic heterocycles. The van der Waals surface area contributed by atoms with E-state index < -0.39 is 6.04 Å². The average Bonchev–Trinajstić information content (AvgIpc) is 3.18. The fourth-order valence-electron chi connectivity index (χ4n) is 4.13. The van der Waals surface area contributed by atoms with E-state index in [1.165, 1.54) is 17.7 Å². The van der Waals surface area contributed by atoms with Crippen LogP contribution in [-0.2, 0) is 12.8 Å². The highest BCUT2D eigenvalue weighted by atomic mass is 19.1. The molecule has 6 nitrogen and oxygen atoms in total. The quantitative estimate of drug-likeness (QED) is 0.479. The van der Waals surface area contributed by atoms with Gasteiger partial charge in [-0.2, -0.15) is 0 Å². The van der Waals surface area contributed by atoms with Gasteiger partial charge in [-0.3, -0.25) is 0 Å². The van der Waals surface area contributed by atoms with Crippen LogP contribution in [0, 0.1) is 5.82 Å². The van der Waals surface area contributed by atoms with E-state index in [9.17, 15) is 14.3 Å². The maximum absolute atomic E-state index is 13.6. The molecule has 1 saturated carbocycles. The van der Waals surface area contributed by atoms with Crippen molar-refractivity contribution in [3.05, 3.63) is 65.2 Å². The third-order valence-electron chi connectivity index (χ3n) is 6.00. The zero-order chi connectivity index (χ0) is 21.8. The van der Waals surface area contributed by atoms with Gasteiger partial charge in [0.15, 0.2) is 0 Å². The molecule has 1 aliphatic rings. The Morgan fingerprint density at radius 3 is 2.58 bits per heavy atom. The van der Waals surface area contributed by atoms with Crippen molar-refractivity contribution in [1.82, 2.24) is 20.6 Å². The predicted octanol–water partition coefficient (Wildman–Crippen LogP) is 4.15. The fourth-order valence-corrected chi connectivity index (χ4v) is 4.13. The van der Waals surface area contributed by atoms with E-state index in [-0.39, 0.29) is 24.0 Å². The largest absolute Gasteiger partial charge is 0.393 e. The summed E-state index contributed by atoms with van der Waals surface area (Å²) in [6, 6.07) is 12.1. The normalized spacial score (nSPS) is 19.8. The smallest absolute Gasteiger partial charge is 0.315 e. The molecule has 164 valence electrons. The topological polar surface area (TPSA) is 90.0 Å². The highest BCUT2D eigenvalue weighted by Crippen LogP contribution is 2.22. The number of amides is 2. The summed E-state index contributed by atoms with van der Waals surface area (Å²) in [5.41, 5.74) is 3.59. The molecule has 1 aromatic heterocycles. The number of halogens is 1. The van der Waals surface area contributed by atoms with E-state index in [2.05, 4.69) is 51.8 Å². The lowest BCUT2D eigenvalue weighted by molar-refractivity contribution is 0.117. The molecule has 4 N–H and O–H groups in total. The summed E-state index contributed by atoms with van der Waals surface area (Å²) < 4.78 is 13.6. The number of benzene rings is 2. The summed E-state index contributed by atoms with van der Waals surface area (Å²) in [4.78, 5) is 20.5. The number of aromatic nitrogens is 2. The Kier molecular flexibility index (Phi) is 6.51. The van der Waals surface area contributed by atoms with Gasteiger partial charge < -0.3 is 20.7 Å². The number of fused-ring (bicyclic) bond motifs is 1. The van der Waals surface area contributed by atoms with Crippen LogP contribution in [0.25, 0.3) is 11.0 Å². The number of nitrogens with one attached hydrogen (secondary N) is 3. The van der Waals surface area contributed by atoms with Crippen LogP contribution in [0.1, 0.15) is 55.6 Å². The van der Waals surface area contributed by atoms with Gasteiger partial charge in [-0.15, -0.1) is 0 Å². The van der Waals surface area contributed by atoms with Crippen LogP contribution in [0.3, 0.4) is 0 Å². The standard InChI is InChI=1S/C24H29FN4O2/c1-2-15-3-5-16(6-4-15)13-22(23-27-20-12-7-17(25)14-21(20)28-23)29-24(31)26-18-8-10-19(30)11-9-18/h3-7,12,14,18-19,22,30H,2,8-11,13H2,1H3,(H,27,28)(H2,26,29,31). The second-order valence-electron chi connectivity index (χ2n) is 8.33. The number of hydrogen-bond donors (Lipinski definition) is 4. The molecular weight excluding hydrogens is 395 g/mol. The Labute approximate surface area is 181 Å². The molecular formula is C24H29FN4O2. The summed E-state index contributed by atoms with van der Waals surface area (Å²) in [5, 5.41) is 15.7. The van der Waals surface area contributed by atoms with Gasteiger partial charge in [0.1, 0.15) is 11.6 Å². The average molecular weight is 425 g/mol. The second-order valence-corrected chi connectivity index (χ2v) is 8.33. The first-order valence-corrected chi connectivity index (χ1v) is 11.0. The Bertz CT molecular complexity index is 1030. The minimum atomic E-state index is -0.392. The lowest BCUT2D eigenvalue weighted by Crippen LogP contribution is -2.45. The summed E-state index contributed by atoms with van der Waals surface area (Å²) in [5.74, 6) is 0.247. The SMILES string of the molecule is CCc1ccc(CC(NC(=O)NC2CCC(O)CC2)c2nc3cc(F)ccc3[nH]2)cc1. The number of carbonyl (C=O) groups is 1. The third-order valence-corrected chi connectivity index (χ3v) is 6.00. The minimum absolute atomic E-state index is 0.0534. The summed E-state index contributed by atoms with van der Waals surface area (Å²) in [7, 11) is 0. The second kappa shape index (κ2) is 9.47. The van der Waals surface area contributed by atoms with Crippen molar-refractivity contribution < 1.29 is 14.3 Å². The van der Waals surface area contributed by atoms with Gasteiger partial charge in [-0.1, -0.05) is 31.2 Å². The van der Waals surface area contributed by atoms with Gasteiger partial charge in [0.05, 0.1) is 23.2 Å². The maximum Gasteiger partial charge on any atom is 0.315 e. The molecule has 1 atom stereocenters. The van der Waals surface area contributed by atoms with E-state index in [1.54, 1.807) is 6.07 Å². The Morgan fingerprint density at radius 1 is 1.16 bits per heavy atom. The molecule has 1 aliphatic carbocycles. The van der Waals surface area contributed by atoms with Crippen molar-refractivity contribution in [2.45, 2.75) is 63.6 Å². The Hall–Kier alpha value is -2.93. The maximum atomic E-state index is 13.6. The molecule has 2 amide bonds. The van der Waals surface area contributed by atoms with Gasteiger partial charge in [-0.25, -0.2) is 14.2 Å². The number of aliphatic hydroxyl groups excluding tert-OH is 1. The number of hydrogen-bond acceptors (Lipinski definition) is 3. The number of aliphatic hydroxyl groups is 1. The van der Waals surface area contributed by atoms with Gasteiger partial charge in [-0.05, 0) is 61.8 Å². The molecule has 1 heterocycles. The number of carbonyl (C=O) groups excluding carboxylic acids is 1. The summed E-state index contributed by atoms with van der Waals surface area (Å²) in [6.45, 7) is 2.11. The van der Waals surface area contributed by atoms with Crippen molar-refractivity contribution in [3.63, 3.8) is 0 Å². The molecule has 0 spiro atoms. The molecule has 3 aromatic rings. The highest BCUT2D eigenvalue weighted by Gasteiger charge is 2.24. The van der Waals surface area contributed by atoms with E-state index in [4.69, 9.17) is 0 Å². The zero-order valence-corrected chi connectivity index (χ0v) is 17.7. The van der Waals surface area contributed by atoms with Crippen LogP contribution >= 0.6 is 0 Å². The van der Waals surface area contributed by atoms with Crippen molar-refractivity contribution in [1.29, 1.82) is 0 Å². The van der Waals surface area contributed by atoms with Crippen molar-refractivity contribution >= 4 is 17.1 Å². The number of aromatic amines is 1. The first-order chi connectivity index (χ1) is 15.0. The lowest BCUT2D eigenvalue weighted by atomic mass is 9.93. The van der Waals surface area contributed by atoms with Crippen LogP contribution in [0.2, 0.25) is 0 Å². The number of rotatable bonds is 6. The first kappa shape index (κ1) is 21.3. The van der Waals surface area contributed by atoms with E-state index in [0.29, 0.717) is 30.6 Å². The molecule has 4 rings (SSSR count). The van der Waals surface area contributed by atoms with Gasteiger partial charge in [0.2, 0.25) is 0 Å². The number of H-pyrrole nitrogens is 1. The van der Waals surface area contributed by atoms with E-state index in [1.807, 2.05) is 0 Å². The predicted molar refractivity (Wildman–Crippen MR) is 118 cm³/mol. The Balaban J connectivity index is 1.52. The van der Waals surface area contributed by atoms with Crippen molar-refractivity contribution in [3.8, 4) is 0 Å². The van der Waals surface area contributed by atoms with Crippen LogP contribution < -0.4 is 10.6 Å². The molecule has 7 heteroatoms. The summed E-state index contributed by atoms with van der Waals surface area (Å²) >= 11 is 0. The Morgan fingerprint density at radius 2 is 1.87 bits per heavy atom. The molecule has 1 unspecified atom stereocenters. The van der Waals surface area contributed by atoms with Crippen LogP contribution in [0.5, 0.6) is 0 Å². The zero-order valence-electron chi connectivity index (χ0n) is 17.7. The van der Waals surface area contributed by atoms with Crippen molar-refractivity contribution in [2.75, 3.05) is 0 Å². The number of imidazole rings is 1. The van der Waals surface area contributed by atoms with Gasteiger partial charge >= 0.3 is 6.03 Å². The van der Waals surface area contributed by atoms with E-state index in [0.717, 1.165) is 30.3 Å². The van der Waals surface area contributed by atoms with Gasteiger partial charge in [0, 0.05) is 12.1 Å². The number of aryl methyl sites for hydroxylation is 1. The van der Waals surface area contributed by atoms with Crippen LogP contribution in [-0.4, -0.2) is 33.3 Å². The first-order valence-electron chi connectivity index (χ1n) is 11.0. The van der Waals surface area contributed by atoms with Gasteiger partial charge in [0.25, 0.3) is 0 Å².